The minimum Gasteiger partial charge on any atom is -0.496 e. The van der Waals surface area contributed by atoms with Crippen LogP contribution in [0.5, 0.6) is 11.5 Å². The van der Waals surface area contributed by atoms with Gasteiger partial charge in [-0.15, -0.1) is 0 Å². The van der Waals surface area contributed by atoms with Gasteiger partial charge in [0, 0.05) is 17.7 Å². The highest BCUT2D eigenvalue weighted by Crippen LogP contribution is 2.29. The Morgan fingerprint density at radius 2 is 2.10 bits per heavy atom. The van der Waals surface area contributed by atoms with E-state index in [9.17, 15) is 23.3 Å². The lowest BCUT2D eigenvalue weighted by Gasteiger charge is -2.11. The molecule has 2 aromatic carbocycles. The second-order valence-corrected chi connectivity index (χ2v) is 6.36. The molecular weight excluding hydrogens is 439 g/mol. The van der Waals surface area contributed by atoms with Gasteiger partial charge in [0.25, 0.3) is 6.43 Å². The zero-order valence-electron chi connectivity index (χ0n) is 15.8. The van der Waals surface area contributed by atoms with E-state index in [1.807, 2.05) is 0 Å². The predicted molar refractivity (Wildman–Crippen MR) is 106 cm³/mol. The summed E-state index contributed by atoms with van der Waals surface area (Å²) in [7, 11) is 1.41. The van der Waals surface area contributed by atoms with E-state index in [1.54, 1.807) is 18.2 Å². The minimum absolute atomic E-state index is 0.109. The van der Waals surface area contributed by atoms with Crippen molar-refractivity contribution >= 4 is 24.1 Å². The molecule has 1 aromatic heterocycles. The van der Waals surface area contributed by atoms with Crippen LogP contribution in [0.2, 0.25) is 0 Å². The summed E-state index contributed by atoms with van der Waals surface area (Å²) in [6.07, 6.45) is -1.61. The van der Waals surface area contributed by atoms with Crippen LogP contribution in [0.15, 0.2) is 41.5 Å². The summed E-state index contributed by atoms with van der Waals surface area (Å²) >= 11 is 4.88. The van der Waals surface area contributed by atoms with E-state index in [-0.39, 0.29) is 17.1 Å². The Morgan fingerprint density at radius 3 is 2.77 bits per heavy atom. The third kappa shape index (κ3) is 5.06. The summed E-state index contributed by atoms with van der Waals surface area (Å²) in [5, 5.41) is 20.7. The molecule has 0 aliphatic carbocycles. The predicted octanol–water partition coefficient (Wildman–Crippen LogP) is 4.40. The Hall–Kier alpha value is -3.74. The number of methoxy groups -OCH3 is 1. The van der Waals surface area contributed by atoms with Crippen LogP contribution in [0, 0.1) is 20.7 Å². The molecular formula is C18H14F3N5O4S. The highest BCUT2D eigenvalue weighted by Gasteiger charge is 2.18. The van der Waals surface area contributed by atoms with Gasteiger partial charge < -0.3 is 9.47 Å². The average Bonchev–Trinajstić information content (AvgIpc) is 3.11. The molecule has 3 rings (SSSR count). The highest BCUT2D eigenvalue weighted by molar-refractivity contribution is 7.71. The number of hydrogen-bond donors (Lipinski definition) is 1. The first-order valence-electron chi connectivity index (χ1n) is 8.53. The van der Waals surface area contributed by atoms with Crippen LogP contribution >= 0.6 is 12.2 Å². The largest absolute Gasteiger partial charge is 0.496 e. The van der Waals surface area contributed by atoms with Crippen molar-refractivity contribution in [2.75, 3.05) is 7.11 Å². The molecule has 0 aliphatic heterocycles. The van der Waals surface area contributed by atoms with Crippen molar-refractivity contribution in [2.45, 2.75) is 13.0 Å². The molecule has 0 fully saturated rings. The average molecular weight is 453 g/mol. The molecule has 0 spiro atoms. The number of aromatic amines is 1. The normalized spacial score (nSPS) is 11.3. The molecule has 31 heavy (non-hydrogen) atoms. The molecule has 0 aliphatic rings. The molecule has 1 N–H and O–H groups in total. The number of nitro benzene ring substituents is 1. The maximum Gasteiger partial charge on any atom is 0.311 e. The number of aromatic nitrogens is 3. The van der Waals surface area contributed by atoms with E-state index < -0.39 is 28.7 Å². The van der Waals surface area contributed by atoms with E-state index >= 15 is 0 Å². The lowest BCUT2D eigenvalue weighted by Crippen LogP contribution is -2.03. The van der Waals surface area contributed by atoms with Gasteiger partial charge in [0.1, 0.15) is 18.2 Å². The summed E-state index contributed by atoms with van der Waals surface area (Å²) in [6, 6.07) is 7.60. The van der Waals surface area contributed by atoms with Gasteiger partial charge >= 0.3 is 5.69 Å². The van der Waals surface area contributed by atoms with Crippen molar-refractivity contribution in [2.24, 2.45) is 5.10 Å². The lowest BCUT2D eigenvalue weighted by molar-refractivity contribution is -0.386. The summed E-state index contributed by atoms with van der Waals surface area (Å²) in [5.41, 5.74) is 0.526. The zero-order chi connectivity index (χ0) is 22.5. The highest BCUT2D eigenvalue weighted by atomic mass is 32.1. The van der Waals surface area contributed by atoms with E-state index in [0.29, 0.717) is 16.9 Å². The van der Waals surface area contributed by atoms with E-state index in [1.165, 1.54) is 13.3 Å². The van der Waals surface area contributed by atoms with Gasteiger partial charge in [0.05, 0.1) is 18.2 Å². The summed E-state index contributed by atoms with van der Waals surface area (Å²) in [4.78, 5) is 10.4. The topological polar surface area (TPSA) is 108 Å². The molecule has 13 heteroatoms. The fourth-order valence-electron chi connectivity index (χ4n) is 2.58. The second-order valence-electron chi connectivity index (χ2n) is 5.97. The first-order chi connectivity index (χ1) is 14.8. The lowest BCUT2D eigenvalue weighted by atomic mass is 10.1. The Balaban J connectivity index is 1.87. The summed E-state index contributed by atoms with van der Waals surface area (Å²) in [5.74, 6) is -1.20. The first-order valence-corrected chi connectivity index (χ1v) is 8.94. The smallest absolute Gasteiger partial charge is 0.311 e. The van der Waals surface area contributed by atoms with Crippen LogP contribution in [0.1, 0.15) is 23.4 Å². The van der Waals surface area contributed by atoms with Crippen molar-refractivity contribution in [3.8, 4) is 11.5 Å². The second kappa shape index (κ2) is 9.38. The van der Waals surface area contributed by atoms with Crippen molar-refractivity contribution < 1.29 is 27.6 Å². The van der Waals surface area contributed by atoms with Crippen LogP contribution < -0.4 is 9.47 Å². The standard InChI is InChI=1S/C18H14F3N5O4S/c1-29-14-5-2-10(8-22-25-17(16(20)21)23-24-18(25)31)6-11(14)9-30-15-7-12(19)3-4-13(15)26(27)28/h2-8,16H,9H2,1H3,(H,24,31)/b22-8-. The van der Waals surface area contributed by atoms with Gasteiger partial charge in [-0.2, -0.15) is 14.9 Å². The SMILES string of the molecule is COc1ccc(/C=N\n2c(C(F)F)n[nH]c2=S)cc1COc1cc(F)ccc1[N+](=O)[O-]. The summed E-state index contributed by atoms with van der Waals surface area (Å²) < 4.78 is 50.8. The number of alkyl halides is 2. The van der Waals surface area contributed by atoms with E-state index in [0.717, 1.165) is 22.9 Å². The van der Waals surface area contributed by atoms with Gasteiger partial charge in [-0.05, 0) is 42.0 Å². The molecule has 0 bridgehead atoms. The Labute approximate surface area is 177 Å². The monoisotopic (exact) mass is 453 g/mol. The third-order valence-electron chi connectivity index (χ3n) is 4.00. The van der Waals surface area contributed by atoms with Crippen LogP contribution in [-0.4, -0.2) is 33.1 Å². The molecule has 1 heterocycles. The van der Waals surface area contributed by atoms with Gasteiger partial charge in [-0.25, -0.2) is 18.3 Å². The Kier molecular flexibility index (Phi) is 6.65. The molecule has 3 aromatic rings. The number of nitrogens with one attached hydrogen (secondary N) is 1. The van der Waals surface area contributed by atoms with Gasteiger partial charge in [-0.1, -0.05) is 0 Å². The summed E-state index contributed by atoms with van der Waals surface area (Å²) in [6.45, 7) is -0.192. The number of benzene rings is 2. The van der Waals surface area contributed by atoms with Crippen LogP contribution in [-0.2, 0) is 6.61 Å². The molecule has 0 radical (unpaired) electrons. The van der Waals surface area contributed by atoms with Crippen molar-refractivity contribution in [3.63, 3.8) is 0 Å². The quantitative estimate of drug-likeness (QED) is 0.235. The van der Waals surface area contributed by atoms with Gasteiger partial charge in [-0.3, -0.25) is 10.1 Å². The molecule has 162 valence electrons. The number of rotatable bonds is 8. The fourth-order valence-corrected chi connectivity index (χ4v) is 2.77. The molecule has 0 amide bonds. The minimum atomic E-state index is -2.88. The fraction of sp³-hybridized carbons (Fsp3) is 0.167. The van der Waals surface area contributed by atoms with Crippen molar-refractivity contribution in [3.05, 3.63) is 74.1 Å². The molecule has 0 saturated carbocycles. The van der Waals surface area contributed by atoms with E-state index in [4.69, 9.17) is 21.7 Å². The first kappa shape index (κ1) is 22.0. The van der Waals surface area contributed by atoms with Crippen LogP contribution in [0.4, 0.5) is 18.9 Å². The molecule has 0 atom stereocenters. The van der Waals surface area contributed by atoms with Crippen molar-refractivity contribution in [1.82, 2.24) is 14.9 Å². The third-order valence-corrected chi connectivity index (χ3v) is 4.26. The number of nitrogens with zero attached hydrogens (tertiary/aromatic N) is 4. The molecule has 9 nitrogen and oxygen atoms in total. The zero-order valence-corrected chi connectivity index (χ0v) is 16.6. The van der Waals surface area contributed by atoms with Crippen molar-refractivity contribution in [1.29, 1.82) is 0 Å². The van der Waals surface area contributed by atoms with Crippen LogP contribution in [0.3, 0.4) is 0 Å². The van der Waals surface area contributed by atoms with E-state index in [2.05, 4.69) is 15.3 Å². The Morgan fingerprint density at radius 1 is 1.32 bits per heavy atom. The number of halogens is 3. The Bertz CT molecular complexity index is 1200. The number of hydrogen-bond acceptors (Lipinski definition) is 7. The van der Waals surface area contributed by atoms with Gasteiger partial charge in [0.15, 0.2) is 5.75 Å². The van der Waals surface area contributed by atoms with Gasteiger partial charge in [0.2, 0.25) is 10.6 Å². The molecule has 0 unspecified atom stereocenters. The number of H-pyrrole nitrogens is 1. The number of nitro groups is 1. The maximum absolute atomic E-state index is 13.5. The van der Waals surface area contributed by atoms with Crippen LogP contribution in [0.25, 0.3) is 0 Å². The maximum atomic E-state index is 13.5. The number of ether oxygens (including phenoxy) is 2. The molecule has 0 saturated heterocycles.